The van der Waals surface area contributed by atoms with Crippen LogP contribution < -0.4 is 5.32 Å². The van der Waals surface area contributed by atoms with Crippen molar-refractivity contribution in [3.63, 3.8) is 0 Å². The van der Waals surface area contributed by atoms with Gasteiger partial charge in [-0.05, 0) is 30.0 Å². The maximum absolute atomic E-state index is 12.0. The molecule has 0 saturated heterocycles. The summed E-state index contributed by atoms with van der Waals surface area (Å²) >= 11 is 1.64. The molecule has 0 saturated carbocycles. The molecule has 0 unspecified atom stereocenters. The van der Waals surface area contributed by atoms with Crippen LogP contribution in [0.3, 0.4) is 0 Å². The van der Waals surface area contributed by atoms with Crippen molar-refractivity contribution in [2.45, 2.75) is 20.0 Å². The minimum atomic E-state index is -0.0232. The second-order valence-corrected chi connectivity index (χ2v) is 5.75. The fourth-order valence-electron chi connectivity index (χ4n) is 2.10. The lowest BCUT2D eigenvalue weighted by molar-refractivity contribution is -0.121. The van der Waals surface area contributed by atoms with Crippen molar-refractivity contribution in [2.75, 3.05) is 0 Å². The number of thiophene rings is 1. The average molecular weight is 285 g/mol. The predicted octanol–water partition coefficient (Wildman–Crippen LogP) is 2.72. The number of carbonyl (C=O) groups is 1. The lowest BCUT2D eigenvalue weighted by atomic mass is 10.2. The molecular formula is C15H15N3OS. The van der Waals surface area contributed by atoms with E-state index < -0.39 is 0 Å². The first-order valence-electron chi connectivity index (χ1n) is 6.43. The Labute approximate surface area is 121 Å². The summed E-state index contributed by atoms with van der Waals surface area (Å²) in [5.41, 5.74) is 2.16. The molecule has 0 radical (unpaired) electrons. The molecular weight excluding hydrogens is 270 g/mol. The standard InChI is InChI=1S/C15H15N3OS/c1-11-4-5-12-8-17-18(14(12)7-11)10-15(19)16-9-13-3-2-6-20-13/h2-8H,9-10H2,1H3,(H,16,19). The van der Waals surface area contributed by atoms with Crippen molar-refractivity contribution in [1.82, 2.24) is 15.1 Å². The van der Waals surface area contributed by atoms with Crippen molar-refractivity contribution in [3.05, 3.63) is 52.3 Å². The Balaban J connectivity index is 1.69. The van der Waals surface area contributed by atoms with Gasteiger partial charge in [-0.2, -0.15) is 5.10 Å². The molecule has 1 amide bonds. The molecule has 0 bridgehead atoms. The van der Waals surface area contributed by atoms with E-state index in [1.54, 1.807) is 22.2 Å². The normalized spacial score (nSPS) is 10.8. The number of benzene rings is 1. The molecule has 2 aromatic heterocycles. The molecule has 4 nitrogen and oxygen atoms in total. The van der Waals surface area contributed by atoms with Crippen LogP contribution in [0.2, 0.25) is 0 Å². The highest BCUT2D eigenvalue weighted by atomic mass is 32.1. The Morgan fingerprint density at radius 3 is 3.10 bits per heavy atom. The average Bonchev–Trinajstić information content (AvgIpc) is 3.07. The van der Waals surface area contributed by atoms with Crippen LogP contribution in [-0.4, -0.2) is 15.7 Å². The number of nitrogens with one attached hydrogen (secondary N) is 1. The quantitative estimate of drug-likeness (QED) is 0.801. The van der Waals surface area contributed by atoms with Crippen molar-refractivity contribution in [2.24, 2.45) is 0 Å². The summed E-state index contributed by atoms with van der Waals surface area (Å²) in [6, 6.07) is 10.1. The fraction of sp³-hybridized carbons (Fsp3) is 0.200. The summed E-state index contributed by atoms with van der Waals surface area (Å²) < 4.78 is 1.74. The molecule has 1 N–H and O–H groups in total. The molecule has 0 spiro atoms. The van der Waals surface area contributed by atoms with Gasteiger partial charge in [-0.15, -0.1) is 11.3 Å². The Kier molecular flexibility index (Phi) is 3.52. The molecule has 0 aliphatic heterocycles. The minimum absolute atomic E-state index is 0.0232. The third-order valence-corrected chi connectivity index (χ3v) is 4.01. The van der Waals surface area contributed by atoms with Gasteiger partial charge < -0.3 is 5.32 Å². The smallest absolute Gasteiger partial charge is 0.242 e. The van der Waals surface area contributed by atoms with Gasteiger partial charge in [0.15, 0.2) is 0 Å². The molecule has 0 aliphatic rings. The van der Waals surface area contributed by atoms with Crippen LogP contribution in [0.15, 0.2) is 41.9 Å². The molecule has 2 heterocycles. The highest BCUT2D eigenvalue weighted by molar-refractivity contribution is 7.09. The van der Waals surface area contributed by atoms with E-state index in [0.29, 0.717) is 6.54 Å². The SMILES string of the molecule is Cc1ccc2cnn(CC(=O)NCc3cccs3)c2c1. The van der Waals surface area contributed by atoms with E-state index in [4.69, 9.17) is 0 Å². The van der Waals surface area contributed by atoms with Crippen LogP contribution in [0, 0.1) is 6.92 Å². The van der Waals surface area contributed by atoms with E-state index in [1.807, 2.05) is 36.6 Å². The van der Waals surface area contributed by atoms with Gasteiger partial charge in [0.25, 0.3) is 0 Å². The molecule has 0 atom stereocenters. The Morgan fingerprint density at radius 2 is 2.30 bits per heavy atom. The predicted molar refractivity (Wildman–Crippen MR) is 80.6 cm³/mol. The van der Waals surface area contributed by atoms with Crippen LogP contribution >= 0.6 is 11.3 Å². The maximum Gasteiger partial charge on any atom is 0.242 e. The van der Waals surface area contributed by atoms with E-state index in [2.05, 4.69) is 16.5 Å². The van der Waals surface area contributed by atoms with E-state index in [0.717, 1.165) is 15.8 Å². The number of rotatable bonds is 4. The van der Waals surface area contributed by atoms with Crippen LogP contribution in [0.1, 0.15) is 10.4 Å². The molecule has 3 rings (SSSR count). The van der Waals surface area contributed by atoms with Gasteiger partial charge in [-0.1, -0.05) is 18.2 Å². The highest BCUT2D eigenvalue weighted by Crippen LogP contribution is 2.15. The number of carbonyl (C=O) groups excluding carboxylic acids is 1. The first kappa shape index (κ1) is 12.9. The number of nitrogens with zero attached hydrogens (tertiary/aromatic N) is 2. The zero-order valence-electron chi connectivity index (χ0n) is 11.2. The first-order valence-corrected chi connectivity index (χ1v) is 7.31. The van der Waals surface area contributed by atoms with Gasteiger partial charge in [0.05, 0.1) is 18.3 Å². The minimum Gasteiger partial charge on any atom is -0.350 e. The maximum atomic E-state index is 12.0. The van der Waals surface area contributed by atoms with Gasteiger partial charge in [0.2, 0.25) is 5.91 Å². The number of fused-ring (bicyclic) bond motifs is 1. The Bertz CT molecular complexity index is 731. The summed E-state index contributed by atoms with van der Waals surface area (Å²) in [6.07, 6.45) is 1.79. The van der Waals surface area contributed by atoms with E-state index in [1.165, 1.54) is 5.56 Å². The second kappa shape index (κ2) is 5.46. The second-order valence-electron chi connectivity index (χ2n) is 4.72. The van der Waals surface area contributed by atoms with E-state index >= 15 is 0 Å². The summed E-state index contributed by atoms with van der Waals surface area (Å²) in [5.74, 6) is -0.0232. The van der Waals surface area contributed by atoms with Crippen molar-refractivity contribution in [3.8, 4) is 0 Å². The topological polar surface area (TPSA) is 46.9 Å². The fourth-order valence-corrected chi connectivity index (χ4v) is 2.74. The highest BCUT2D eigenvalue weighted by Gasteiger charge is 2.07. The van der Waals surface area contributed by atoms with Gasteiger partial charge in [-0.25, -0.2) is 0 Å². The number of hydrogen-bond donors (Lipinski definition) is 1. The lowest BCUT2D eigenvalue weighted by Crippen LogP contribution is -2.27. The van der Waals surface area contributed by atoms with Crippen molar-refractivity contribution >= 4 is 28.1 Å². The zero-order valence-corrected chi connectivity index (χ0v) is 12.0. The van der Waals surface area contributed by atoms with Crippen LogP contribution in [0.25, 0.3) is 10.9 Å². The third-order valence-electron chi connectivity index (χ3n) is 3.13. The molecule has 102 valence electrons. The summed E-state index contributed by atoms with van der Waals surface area (Å²) in [6.45, 7) is 2.86. The number of aryl methyl sites for hydroxylation is 1. The number of aromatic nitrogens is 2. The van der Waals surface area contributed by atoms with E-state index in [9.17, 15) is 4.79 Å². The zero-order chi connectivity index (χ0) is 13.9. The molecule has 20 heavy (non-hydrogen) atoms. The van der Waals surface area contributed by atoms with Crippen LogP contribution in [-0.2, 0) is 17.9 Å². The number of amides is 1. The lowest BCUT2D eigenvalue weighted by Gasteiger charge is -2.05. The Hall–Kier alpha value is -2.14. The Morgan fingerprint density at radius 1 is 1.40 bits per heavy atom. The summed E-state index contributed by atoms with van der Waals surface area (Å²) in [5, 5.41) is 10.3. The largest absolute Gasteiger partial charge is 0.350 e. The molecule has 5 heteroatoms. The molecule has 1 aromatic carbocycles. The van der Waals surface area contributed by atoms with Gasteiger partial charge in [-0.3, -0.25) is 9.48 Å². The monoisotopic (exact) mass is 285 g/mol. The molecule has 0 aliphatic carbocycles. The summed E-state index contributed by atoms with van der Waals surface area (Å²) in [7, 11) is 0. The number of hydrogen-bond acceptors (Lipinski definition) is 3. The van der Waals surface area contributed by atoms with Crippen molar-refractivity contribution < 1.29 is 4.79 Å². The molecule has 3 aromatic rings. The van der Waals surface area contributed by atoms with Crippen LogP contribution in [0.4, 0.5) is 0 Å². The van der Waals surface area contributed by atoms with Gasteiger partial charge in [0.1, 0.15) is 6.54 Å². The van der Waals surface area contributed by atoms with Crippen molar-refractivity contribution in [1.29, 1.82) is 0 Å². The summed E-state index contributed by atoms with van der Waals surface area (Å²) in [4.78, 5) is 13.1. The first-order chi connectivity index (χ1) is 9.72. The van der Waals surface area contributed by atoms with Crippen LogP contribution in [0.5, 0.6) is 0 Å². The van der Waals surface area contributed by atoms with Gasteiger partial charge in [0, 0.05) is 10.3 Å². The van der Waals surface area contributed by atoms with Gasteiger partial charge >= 0.3 is 0 Å². The molecule has 0 fully saturated rings. The third kappa shape index (κ3) is 2.72. The van der Waals surface area contributed by atoms with E-state index in [-0.39, 0.29) is 12.5 Å².